The van der Waals surface area contributed by atoms with Gasteiger partial charge in [-0.25, -0.2) is 0 Å². The summed E-state index contributed by atoms with van der Waals surface area (Å²) in [7, 11) is 1.58. The van der Waals surface area contributed by atoms with Gasteiger partial charge in [-0.2, -0.15) is 0 Å². The van der Waals surface area contributed by atoms with Gasteiger partial charge in [-0.15, -0.1) is 0 Å². The van der Waals surface area contributed by atoms with E-state index in [-0.39, 0.29) is 17.2 Å². The first-order chi connectivity index (χ1) is 9.85. The molecule has 114 valence electrons. The lowest BCUT2D eigenvalue weighted by atomic mass is 9.93. The minimum Gasteiger partial charge on any atom is -0.390 e. The van der Waals surface area contributed by atoms with Crippen LogP contribution in [0.4, 0.5) is 11.4 Å². The first-order valence-corrected chi connectivity index (χ1v) is 6.82. The van der Waals surface area contributed by atoms with Crippen LogP contribution in [0, 0.1) is 10.1 Å². The van der Waals surface area contributed by atoms with E-state index >= 15 is 0 Å². The van der Waals surface area contributed by atoms with Gasteiger partial charge in [-0.3, -0.25) is 14.9 Å². The predicted molar refractivity (Wildman–Crippen MR) is 78.4 cm³/mol. The zero-order valence-electron chi connectivity index (χ0n) is 12.1. The van der Waals surface area contributed by atoms with Crippen molar-refractivity contribution in [1.82, 2.24) is 4.90 Å². The number of nitrogens with one attached hydrogen (secondary N) is 1. The average Bonchev–Trinajstić information content (AvgIpc) is 2.45. The molecule has 0 radical (unpaired) electrons. The van der Waals surface area contributed by atoms with Gasteiger partial charge in [0.25, 0.3) is 5.91 Å². The number of carbonyl (C=O) groups is 1. The maximum absolute atomic E-state index is 12.5. The minimum absolute atomic E-state index is 0.0772. The normalized spacial score (nSPS) is 17.4. The largest absolute Gasteiger partial charge is 0.390 e. The zero-order chi connectivity index (χ0) is 15.6. The molecule has 1 aromatic carbocycles. The fourth-order valence-electron chi connectivity index (χ4n) is 2.48. The van der Waals surface area contributed by atoms with Crippen molar-refractivity contribution in [2.45, 2.75) is 25.4 Å². The van der Waals surface area contributed by atoms with Gasteiger partial charge >= 0.3 is 5.69 Å². The SMILES string of the molecule is CNc1cccc(C(=O)N2CCC(C)(O)CC2)c1[N+](=O)[O-]. The molecule has 7 nitrogen and oxygen atoms in total. The monoisotopic (exact) mass is 293 g/mol. The third kappa shape index (κ3) is 3.13. The summed E-state index contributed by atoms with van der Waals surface area (Å²) >= 11 is 0. The molecule has 21 heavy (non-hydrogen) atoms. The van der Waals surface area contributed by atoms with Gasteiger partial charge < -0.3 is 15.3 Å². The maximum Gasteiger partial charge on any atom is 0.305 e. The van der Waals surface area contributed by atoms with Crippen LogP contribution in [0.3, 0.4) is 0 Å². The molecule has 1 aromatic rings. The highest BCUT2D eigenvalue weighted by atomic mass is 16.6. The summed E-state index contributed by atoms with van der Waals surface area (Å²) in [4.78, 5) is 24.8. The van der Waals surface area contributed by atoms with Crippen molar-refractivity contribution in [3.05, 3.63) is 33.9 Å². The van der Waals surface area contributed by atoms with Crippen molar-refractivity contribution in [1.29, 1.82) is 0 Å². The molecule has 1 aliphatic rings. The van der Waals surface area contributed by atoms with Gasteiger partial charge in [-0.1, -0.05) is 6.07 Å². The number of benzene rings is 1. The van der Waals surface area contributed by atoms with Crippen LogP contribution in [0.25, 0.3) is 0 Å². The van der Waals surface area contributed by atoms with E-state index in [9.17, 15) is 20.0 Å². The summed E-state index contributed by atoms with van der Waals surface area (Å²) < 4.78 is 0. The van der Waals surface area contributed by atoms with E-state index in [4.69, 9.17) is 0 Å². The van der Waals surface area contributed by atoms with Crippen molar-refractivity contribution in [3.8, 4) is 0 Å². The average molecular weight is 293 g/mol. The lowest BCUT2D eigenvalue weighted by Gasteiger charge is -2.35. The fraction of sp³-hybridized carbons (Fsp3) is 0.500. The van der Waals surface area contributed by atoms with E-state index in [2.05, 4.69) is 5.32 Å². The van der Waals surface area contributed by atoms with Crippen molar-refractivity contribution in [2.24, 2.45) is 0 Å². The molecule has 0 aromatic heterocycles. The third-order valence-corrected chi connectivity index (χ3v) is 3.85. The number of nitrogens with zero attached hydrogens (tertiary/aromatic N) is 2. The van der Waals surface area contributed by atoms with Crippen LogP contribution in [0.5, 0.6) is 0 Å². The summed E-state index contributed by atoms with van der Waals surface area (Å²) in [5, 5.41) is 23.9. The third-order valence-electron chi connectivity index (χ3n) is 3.85. The molecule has 0 saturated carbocycles. The number of carbonyl (C=O) groups excluding carboxylic acids is 1. The highest BCUT2D eigenvalue weighted by molar-refractivity contribution is 6.00. The molecule has 0 bridgehead atoms. The Morgan fingerprint density at radius 1 is 1.43 bits per heavy atom. The van der Waals surface area contributed by atoms with Crippen LogP contribution in [-0.2, 0) is 0 Å². The van der Waals surface area contributed by atoms with Gasteiger partial charge in [0.15, 0.2) is 0 Å². The topological polar surface area (TPSA) is 95.7 Å². The van der Waals surface area contributed by atoms with Crippen molar-refractivity contribution in [2.75, 3.05) is 25.5 Å². The molecule has 1 aliphatic heterocycles. The predicted octanol–water partition coefficient (Wildman–Crippen LogP) is 1.62. The second-order valence-electron chi connectivity index (χ2n) is 5.50. The minimum atomic E-state index is -0.768. The standard InChI is InChI=1S/C14H19N3O4/c1-14(19)6-8-16(9-7-14)13(18)10-4-3-5-11(15-2)12(10)17(20)21/h3-5,15,19H,6-9H2,1-2H3. The number of nitro benzene ring substituents is 1. The summed E-state index contributed by atoms with van der Waals surface area (Å²) in [5.41, 5.74) is -0.583. The van der Waals surface area contributed by atoms with Gasteiger partial charge in [0.2, 0.25) is 0 Å². The summed E-state index contributed by atoms with van der Waals surface area (Å²) in [6, 6.07) is 4.65. The van der Waals surface area contributed by atoms with Gasteiger partial charge in [0, 0.05) is 20.1 Å². The van der Waals surface area contributed by atoms with Crippen LogP contribution >= 0.6 is 0 Å². The van der Waals surface area contributed by atoms with E-state index in [0.29, 0.717) is 31.6 Å². The number of piperidine rings is 1. The van der Waals surface area contributed by atoms with Gasteiger partial charge in [0.05, 0.1) is 10.5 Å². The van der Waals surface area contributed by atoms with Crippen molar-refractivity contribution >= 4 is 17.3 Å². The molecule has 1 heterocycles. The first-order valence-electron chi connectivity index (χ1n) is 6.82. The van der Waals surface area contributed by atoms with Crippen molar-refractivity contribution < 1.29 is 14.8 Å². The Morgan fingerprint density at radius 2 is 2.05 bits per heavy atom. The molecule has 2 N–H and O–H groups in total. The fourth-order valence-corrected chi connectivity index (χ4v) is 2.48. The molecule has 0 aliphatic carbocycles. The molecule has 0 atom stereocenters. The molecular formula is C14H19N3O4. The highest BCUT2D eigenvalue weighted by Gasteiger charge is 2.33. The molecule has 2 rings (SSSR count). The first kappa shape index (κ1) is 15.2. The molecule has 7 heteroatoms. The number of hydrogen-bond donors (Lipinski definition) is 2. The maximum atomic E-state index is 12.5. The number of likely N-dealkylation sites (tertiary alicyclic amines) is 1. The molecule has 1 fully saturated rings. The van der Waals surface area contributed by atoms with E-state index in [0.717, 1.165) is 0 Å². The van der Waals surface area contributed by atoms with Crippen LogP contribution in [0.2, 0.25) is 0 Å². The molecule has 1 amide bonds. The second-order valence-corrected chi connectivity index (χ2v) is 5.50. The van der Waals surface area contributed by atoms with E-state index in [1.165, 1.54) is 6.07 Å². The molecule has 0 unspecified atom stereocenters. The Kier molecular flexibility index (Phi) is 4.13. The van der Waals surface area contributed by atoms with Gasteiger partial charge in [-0.05, 0) is 31.9 Å². The quantitative estimate of drug-likeness (QED) is 0.652. The van der Waals surface area contributed by atoms with Crippen LogP contribution in [-0.4, -0.2) is 46.6 Å². The van der Waals surface area contributed by atoms with Crippen LogP contribution in [0.15, 0.2) is 18.2 Å². The Bertz CT molecular complexity index is 561. The number of nitro groups is 1. The number of anilines is 1. The van der Waals surface area contributed by atoms with Crippen molar-refractivity contribution in [3.63, 3.8) is 0 Å². The molecule has 0 spiro atoms. The summed E-state index contributed by atoms with van der Waals surface area (Å²) in [6.45, 7) is 2.53. The smallest absolute Gasteiger partial charge is 0.305 e. The zero-order valence-corrected chi connectivity index (χ0v) is 12.1. The van der Waals surface area contributed by atoms with Crippen LogP contribution < -0.4 is 5.32 Å². The molecule has 1 saturated heterocycles. The van der Waals surface area contributed by atoms with E-state index in [1.54, 1.807) is 31.0 Å². The lowest BCUT2D eigenvalue weighted by Crippen LogP contribution is -2.45. The number of para-hydroxylation sites is 1. The van der Waals surface area contributed by atoms with E-state index < -0.39 is 10.5 Å². The Balaban J connectivity index is 2.30. The summed E-state index contributed by atoms with van der Waals surface area (Å²) in [6.07, 6.45) is 0.941. The summed E-state index contributed by atoms with van der Waals surface area (Å²) in [5.74, 6) is -0.366. The number of hydrogen-bond acceptors (Lipinski definition) is 5. The Morgan fingerprint density at radius 3 is 2.57 bits per heavy atom. The highest BCUT2D eigenvalue weighted by Crippen LogP contribution is 2.30. The number of aliphatic hydroxyl groups is 1. The lowest BCUT2D eigenvalue weighted by molar-refractivity contribution is -0.384. The number of rotatable bonds is 3. The Hall–Kier alpha value is -2.15. The van der Waals surface area contributed by atoms with Gasteiger partial charge in [0.1, 0.15) is 11.3 Å². The molecular weight excluding hydrogens is 274 g/mol. The van der Waals surface area contributed by atoms with Crippen LogP contribution in [0.1, 0.15) is 30.1 Å². The second kappa shape index (κ2) is 5.69. The Labute approximate surface area is 122 Å². The number of amides is 1. The van der Waals surface area contributed by atoms with E-state index in [1.807, 2.05) is 0 Å².